The molecule has 0 bridgehead atoms. The predicted molar refractivity (Wildman–Crippen MR) is 98.7 cm³/mol. The van der Waals surface area contributed by atoms with Crippen molar-refractivity contribution >= 4 is 12.2 Å². The summed E-state index contributed by atoms with van der Waals surface area (Å²) in [5.74, 6) is 0. The first-order valence-corrected chi connectivity index (χ1v) is 8.83. The summed E-state index contributed by atoms with van der Waals surface area (Å²) in [6.45, 7) is 7.37. The first-order chi connectivity index (χ1) is 12.2. The van der Waals surface area contributed by atoms with Crippen molar-refractivity contribution in [3.8, 4) is 0 Å². The average molecular weight is 366 g/mol. The molecular weight excluding hydrogens is 336 g/mol. The number of benzene rings is 1. The molecule has 0 spiro atoms. The van der Waals surface area contributed by atoms with E-state index >= 15 is 0 Å². The molecule has 7 heteroatoms. The molecule has 26 heavy (non-hydrogen) atoms. The third-order valence-electron chi connectivity index (χ3n) is 3.43. The molecule has 0 aromatic heterocycles. The van der Waals surface area contributed by atoms with Crippen molar-refractivity contribution in [3.05, 3.63) is 35.9 Å². The van der Waals surface area contributed by atoms with Crippen molar-refractivity contribution < 1.29 is 24.2 Å². The Bertz CT molecular complexity index is 557. The van der Waals surface area contributed by atoms with Gasteiger partial charge in [-0.2, -0.15) is 0 Å². The topological polar surface area (TPSA) is 96.9 Å². The van der Waals surface area contributed by atoms with Gasteiger partial charge in [-0.05, 0) is 32.8 Å². The average Bonchev–Trinajstić information content (AvgIpc) is 2.56. The number of aliphatic hydroxyl groups is 1. The molecule has 2 amide bonds. The van der Waals surface area contributed by atoms with E-state index in [-0.39, 0.29) is 13.2 Å². The van der Waals surface area contributed by atoms with E-state index in [0.717, 1.165) is 12.0 Å². The third-order valence-corrected chi connectivity index (χ3v) is 3.43. The van der Waals surface area contributed by atoms with Gasteiger partial charge in [0, 0.05) is 6.54 Å². The molecule has 0 saturated heterocycles. The number of ether oxygens (including phenoxy) is 2. The van der Waals surface area contributed by atoms with Crippen LogP contribution in [0.3, 0.4) is 0 Å². The van der Waals surface area contributed by atoms with Crippen molar-refractivity contribution in [2.75, 3.05) is 6.54 Å². The zero-order chi connectivity index (χ0) is 19.6. The number of hydrogen-bond donors (Lipinski definition) is 3. The number of aliphatic hydroxyl groups excluding tert-OH is 1. The Morgan fingerprint density at radius 2 is 1.81 bits per heavy atom. The summed E-state index contributed by atoms with van der Waals surface area (Å²) in [6.07, 6.45) is -0.833. The Morgan fingerprint density at radius 1 is 1.15 bits per heavy atom. The summed E-state index contributed by atoms with van der Waals surface area (Å²) in [5.41, 5.74) is 0.226. The molecule has 0 heterocycles. The van der Waals surface area contributed by atoms with Gasteiger partial charge in [0.25, 0.3) is 0 Å². The van der Waals surface area contributed by atoms with Crippen LogP contribution in [-0.2, 0) is 16.1 Å². The number of rotatable bonds is 8. The van der Waals surface area contributed by atoms with Crippen LogP contribution in [0.5, 0.6) is 0 Å². The molecule has 1 rings (SSSR count). The smallest absolute Gasteiger partial charge is 0.408 e. The van der Waals surface area contributed by atoms with Crippen LogP contribution in [0.4, 0.5) is 9.59 Å². The molecule has 1 aromatic carbocycles. The van der Waals surface area contributed by atoms with E-state index in [9.17, 15) is 14.7 Å². The highest BCUT2D eigenvalue weighted by molar-refractivity contribution is 5.69. The second-order valence-corrected chi connectivity index (χ2v) is 7.05. The number of carbonyl (C=O) groups is 2. The molecule has 0 aliphatic heterocycles. The fourth-order valence-corrected chi connectivity index (χ4v) is 2.21. The fraction of sp³-hybridized carbons (Fsp3) is 0.579. The molecule has 2 atom stereocenters. The van der Waals surface area contributed by atoms with E-state index in [4.69, 9.17) is 9.47 Å². The van der Waals surface area contributed by atoms with Crippen molar-refractivity contribution in [2.45, 2.75) is 64.9 Å². The minimum Gasteiger partial charge on any atom is -0.445 e. The maximum atomic E-state index is 11.9. The van der Waals surface area contributed by atoms with E-state index in [2.05, 4.69) is 10.6 Å². The minimum atomic E-state index is -0.804. The number of nitrogens with one attached hydrogen (secondary N) is 2. The highest BCUT2D eigenvalue weighted by Crippen LogP contribution is 2.08. The van der Waals surface area contributed by atoms with Crippen LogP contribution in [0.2, 0.25) is 0 Å². The molecule has 0 aliphatic carbocycles. The van der Waals surface area contributed by atoms with E-state index < -0.39 is 29.9 Å². The molecule has 146 valence electrons. The predicted octanol–water partition coefficient (Wildman–Crippen LogP) is 2.97. The van der Waals surface area contributed by atoms with Gasteiger partial charge < -0.3 is 25.2 Å². The maximum Gasteiger partial charge on any atom is 0.408 e. The molecule has 7 nitrogen and oxygen atoms in total. The molecule has 0 aliphatic rings. The van der Waals surface area contributed by atoms with Gasteiger partial charge in [-0.25, -0.2) is 9.59 Å². The Morgan fingerprint density at radius 3 is 2.38 bits per heavy atom. The van der Waals surface area contributed by atoms with Crippen LogP contribution in [0.15, 0.2) is 30.3 Å². The van der Waals surface area contributed by atoms with Gasteiger partial charge in [-0.15, -0.1) is 0 Å². The van der Waals surface area contributed by atoms with Crippen LogP contribution in [-0.4, -0.2) is 41.6 Å². The molecule has 0 saturated carbocycles. The summed E-state index contributed by atoms with van der Waals surface area (Å²) >= 11 is 0. The largest absolute Gasteiger partial charge is 0.445 e. The Kier molecular flexibility index (Phi) is 8.92. The van der Waals surface area contributed by atoms with E-state index in [1.807, 2.05) is 37.3 Å². The number of hydrogen-bond acceptors (Lipinski definition) is 5. The zero-order valence-electron chi connectivity index (χ0n) is 16.0. The monoisotopic (exact) mass is 366 g/mol. The van der Waals surface area contributed by atoms with Crippen molar-refractivity contribution in [3.63, 3.8) is 0 Å². The Labute approximate surface area is 155 Å². The quantitative estimate of drug-likeness (QED) is 0.657. The molecule has 3 N–H and O–H groups in total. The summed E-state index contributed by atoms with van der Waals surface area (Å²) in [5, 5.41) is 15.4. The number of amides is 2. The van der Waals surface area contributed by atoms with Crippen molar-refractivity contribution in [1.29, 1.82) is 0 Å². The van der Waals surface area contributed by atoms with Crippen LogP contribution in [0, 0.1) is 0 Å². The summed E-state index contributed by atoms with van der Waals surface area (Å²) < 4.78 is 10.3. The standard InChI is InChI=1S/C19H30N2O5/c1-5-9-16(22)15(21-18(24)26-19(2,3)4)12-20-17(23)25-13-14-10-7-6-8-11-14/h6-8,10-11,15-16,22H,5,9,12-13H2,1-4H3,(H,20,23)(H,21,24)/t15-,16?/m0/s1. The highest BCUT2D eigenvalue weighted by atomic mass is 16.6. The lowest BCUT2D eigenvalue weighted by molar-refractivity contribution is 0.0409. The Balaban J connectivity index is 2.51. The maximum absolute atomic E-state index is 11.9. The minimum absolute atomic E-state index is 0.0357. The molecular formula is C19H30N2O5. The van der Waals surface area contributed by atoms with Gasteiger partial charge in [0.2, 0.25) is 0 Å². The van der Waals surface area contributed by atoms with E-state index in [1.54, 1.807) is 20.8 Å². The van der Waals surface area contributed by atoms with Crippen molar-refractivity contribution in [2.24, 2.45) is 0 Å². The lowest BCUT2D eigenvalue weighted by Crippen LogP contribution is -2.51. The van der Waals surface area contributed by atoms with Gasteiger partial charge in [-0.3, -0.25) is 0 Å². The third kappa shape index (κ3) is 9.27. The normalized spacial score (nSPS) is 13.4. The van der Waals surface area contributed by atoms with Crippen LogP contribution in [0.1, 0.15) is 46.1 Å². The molecule has 1 unspecified atom stereocenters. The van der Waals surface area contributed by atoms with Gasteiger partial charge in [0.05, 0.1) is 12.1 Å². The van der Waals surface area contributed by atoms with Crippen LogP contribution >= 0.6 is 0 Å². The van der Waals surface area contributed by atoms with E-state index in [0.29, 0.717) is 6.42 Å². The second-order valence-electron chi connectivity index (χ2n) is 7.05. The molecule has 1 aromatic rings. The van der Waals surface area contributed by atoms with Gasteiger partial charge in [-0.1, -0.05) is 43.7 Å². The number of alkyl carbamates (subject to hydrolysis) is 2. The summed E-state index contributed by atoms with van der Waals surface area (Å²) in [6, 6.07) is 8.63. The van der Waals surface area contributed by atoms with Crippen LogP contribution < -0.4 is 10.6 Å². The lowest BCUT2D eigenvalue weighted by Gasteiger charge is -2.26. The van der Waals surface area contributed by atoms with Crippen LogP contribution in [0.25, 0.3) is 0 Å². The van der Waals surface area contributed by atoms with Gasteiger partial charge in [0.1, 0.15) is 12.2 Å². The fourth-order valence-electron chi connectivity index (χ4n) is 2.21. The molecule has 0 radical (unpaired) electrons. The summed E-state index contributed by atoms with van der Waals surface area (Å²) in [7, 11) is 0. The van der Waals surface area contributed by atoms with E-state index in [1.165, 1.54) is 0 Å². The number of carbonyl (C=O) groups excluding carboxylic acids is 2. The summed E-state index contributed by atoms with van der Waals surface area (Å²) in [4.78, 5) is 23.8. The van der Waals surface area contributed by atoms with Gasteiger partial charge in [0.15, 0.2) is 0 Å². The SMILES string of the molecule is CCCC(O)[C@H](CNC(=O)OCc1ccccc1)NC(=O)OC(C)(C)C. The second kappa shape index (κ2) is 10.7. The zero-order valence-corrected chi connectivity index (χ0v) is 16.0. The lowest BCUT2D eigenvalue weighted by atomic mass is 10.1. The highest BCUT2D eigenvalue weighted by Gasteiger charge is 2.24. The first-order valence-electron chi connectivity index (χ1n) is 8.83. The van der Waals surface area contributed by atoms with Gasteiger partial charge >= 0.3 is 12.2 Å². The molecule has 0 fully saturated rings. The first kappa shape index (κ1) is 21.8. The Hall–Kier alpha value is -2.28. The van der Waals surface area contributed by atoms with Crippen molar-refractivity contribution in [1.82, 2.24) is 10.6 Å².